The number of piperidine rings is 1. The van der Waals surface area contributed by atoms with Gasteiger partial charge >= 0.3 is 12.0 Å². The van der Waals surface area contributed by atoms with Gasteiger partial charge in [0.15, 0.2) is 11.5 Å². The van der Waals surface area contributed by atoms with E-state index in [2.05, 4.69) is 17.7 Å². The number of cyclic esters (lactones) is 1. The molecule has 8 nitrogen and oxygen atoms in total. The number of nitrogens with zero attached hydrogens (tertiary/aromatic N) is 1. The lowest BCUT2D eigenvalue weighted by atomic mass is 9.89. The zero-order chi connectivity index (χ0) is 28.6. The summed E-state index contributed by atoms with van der Waals surface area (Å²) in [4.78, 5) is 25.4. The van der Waals surface area contributed by atoms with Crippen molar-refractivity contribution in [1.29, 1.82) is 0 Å². The lowest BCUT2D eigenvalue weighted by Gasteiger charge is -2.41. The van der Waals surface area contributed by atoms with Crippen molar-refractivity contribution in [3.8, 4) is 11.5 Å². The maximum Gasteiger partial charge on any atom is 0.338 e. The largest absolute Gasteiger partial charge is 0.459 e. The van der Waals surface area contributed by atoms with Crippen LogP contribution in [0, 0.1) is 11.7 Å². The van der Waals surface area contributed by atoms with E-state index in [0.717, 1.165) is 54.5 Å². The Morgan fingerprint density at radius 1 is 1.00 bits per heavy atom. The molecule has 3 aromatic carbocycles. The lowest BCUT2D eigenvalue weighted by molar-refractivity contribution is -0.928. The summed E-state index contributed by atoms with van der Waals surface area (Å²) in [5, 5.41) is 5.85. The molecule has 214 valence electrons. The number of quaternary nitrogens is 1. The molecule has 3 aliphatic heterocycles. The number of amides is 2. The summed E-state index contributed by atoms with van der Waals surface area (Å²) in [5.74, 6) is 1.25. The Morgan fingerprint density at radius 2 is 1.73 bits per heavy atom. The zero-order valence-corrected chi connectivity index (χ0v) is 23.4. The van der Waals surface area contributed by atoms with Crippen LogP contribution in [0.2, 0.25) is 0 Å². The average molecular weight is 561 g/mol. The molecule has 1 atom stereocenters. The number of hydrogen-bond donors (Lipinski definition) is 2. The monoisotopic (exact) mass is 560 g/mol. The maximum absolute atomic E-state index is 13.3. The average Bonchev–Trinajstić information content (AvgIpc) is 3.39. The number of nitrogens with one attached hydrogen (secondary N) is 2. The van der Waals surface area contributed by atoms with Gasteiger partial charge in [-0.15, -0.1) is 0 Å². The number of esters is 1. The van der Waals surface area contributed by atoms with Crippen LogP contribution in [0.15, 0.2) is 54.6 Å². The first-order chi connectivity index (χ1) is 19.7. The highest BCUT2D eigenvalue weighted by Crippen LogP contribution is 2.39. The number of rotatable bonds is 6. The molecule has 3 aromatic rings. The quantitative estimate of drug-likeness (QED) is 0.290. The van der Waals surface area contributed by atoms with E-state index in [4.69, 9.17) is 14.2 Å². The predicted octanol–water partition coefficient (Wildman–Crippen LogP) is 5.90. The molecule has 0 bridgehead atoms. The number of fused-ring (bicyclic) bond motifs is 2. The first kappa shape index (κ1) is 27.1. The van der Waals surface area contributed by atoms with Crippen molar-refractivity contribution < 1.29 is 32.7 Å². The number of anilines is 2. The minimum absolute atomic E-state index is 0.144. The van der Waals surface area contributed by atoms with Crippen LogP contribution >= 0.6 is 0 Å². The maximum atomic E-state index is 13.3. The third kappa shape index (κ3) is 6.15. The molecule has 0 unspecified atom stereocenters. The van der Waals surface area contributed by atoms with Crippen LogP contribution in [0.5, 0.6) is 11.5 Å². The fourth-order valence-corrected chi connectivity index (χ4v) is 6.11. The van der Waals surface area contributed by atoms with Crippen LogP contribution in [0.25, 0.3) is 0 Å². The highest BCUT2D eigenvalue weighted by molar-refractivity contribution is 6.02. The predicted molar refractivity (Wildman–Crippen MR) is 153 cm³/mol. The topological polar surface area (TPSA) is 85.9 Å². The molecule has 1 saturated heterocycles. The van der Waals surface area contributed by atoms with E-state index in [-0.39, 0.29) is 24.7 Å². The highest BCUT2D eigenvalue weighted by Gasteiger charge is 2.32. The van der Waals surface area contributed by atoms with Gasteiger partial charge in [0.25, 0.3) is 0 Å². The summed E-state index contributed by atoms with van der Waals surface area (Å²) in [6, 6.07) is 15.5. The van der Waals surface area contributed by atoms with Crippen LogP contribution in [0.3, 0.4) is 0 Å². The third-order valence-electron chi connectivity index (χ3n) is 8.39. The fourth-order valence-electron chi connectivity index (χ4n) is 6.11. The molecular formula is C32H35FN3O5+. The second kappa shape index (κ2) is 11.0. The Kier molecular flexibility index (Phi) is 7.30. The van der Waals surface area contributed by atoms with Gasteiger partial charge in [-0.3, -0.25) is 0 Å². The van der Waals surface area contributed by atoms with Crippen molar-refractivity contribution in [3.05, 3.63) is 82.7 Å². The summed E-state index contributed by atoms with van der Waals surface area (Å²) in [6.07, 6.45) is 3.59. The van der Waals surface area contributed by atoms with E-state index in [1.54, 1.807) is 12.1 Å². The molecule has 3 aliphatic rings. The normalized spacial score (nSPS) is 23.0. The van der Waals surface area contributed by atoms with Gasteiger partial charge in [-0.2, -0.15) is 0 Å². The first-order valence-electron chi connectivity index (χ1n) is 14.2. The minimum atomic E-state index is -0.414. The summed E-state index contributed by atoms with van der Waals surface area (Å²) in [6.45, 7) is 4.72. The number of benzene rings is 3. The van der Waals surface area contributed by atoms with Crippen molar-refractivity contribution >= 4 is 23.4 Å². The standard InChI is InChI=1S/C32H34FN3O5/c1-20-13-23-5-8-26(16-27(23)31(37)41-20)34-32(38)35-28-17-30-29(39-19-40-30)15-24(28)18-36(2)11-9-22(10-12-36)14-21-3-6-25(33)7-4-21/h3-8,15-17,20,22H,9-14,18-19H2,1-2H3,(H-,34,35,38)/p+1/t20-,22?,36?/m1/s1. The molecule has 2 amide bonds. The fraction of sp³-hybridized carbons (Fsp3) is 0.375. The molecule has 0 aliphatic carbocycles. The van der Waals surface area contributed by atoms with Crippen LogP contribution in [-0.4, -0.2) is 49.5 Å². The SMILES string of the molecule is C[C@@H]1Cc2ccc(NC(=O)Nc3cc4c(cc3C[N+]3(C)CCC(Cc5ccc(F)cc5)CC3)OCO4)cc2C(=O)O1. The van der Waals surface area contributed by atoms with Gasteiger partial charge in [-0.1, -0.05) is 18.2 Å². The Labute approximate surface area is 239 Å². The van der Waals surface area contributed by atoms with Gasteiger partial charge in [-0.25, -0.2) is 14.0 Å². The number of carbonyl (C=O) groups excluding carboxylic acids is 2. The highest BCUT2D eigenvalue weighted by atomic mass is 19.1. The second-order valence-electron chi connectivity index (χ2n) is 11.7. The Bertz CT molecular complexity index is 1470. The van der Waals surface area contributed by atoms with Gasteiger partial charge in [0.05, 0.1) is 31.4 Å². The van der Waals surface area contributed by atoms with E-state index in [9.17, 15) is 14.0 Å². The molecule has 9 heteroatoms. The Balaban J connectivity index is 1.13. The number of urea groups is 1. The van der Waals surface area contributed by atoms with E-state index >= 15 is 0 Å². The summed E-state index contributed by atoms with van der Waals surface area (Å²) < 4.78 is 30.7. The molecule has 0 radical (unpaired) electrons. The van der Waals surface area contributed by atoms with E-state index in [1.165, 1.54) is 17.7 Å². The molecule has 2 N–H and O–H groups in total. The first-order valence-corrected chi connectivity index (χ1v) is 14.2. The van der Waals surface area contributed by atoms with E-state index in [0.29, 0.717) is 40.8 Å². The molecule has 3 heterocycles. The summed E-state index contributed by atoms with van der Waals surface area (Å²) >= 11 is 0. The Morgan fingerprint density at radius 3 is 2.49 bits per heavy atom. The molecule has 41 heavy (non-hydrogen) atoms. The van der Waals surface area contributed by atoms with E-state index in [1.807, 2.05) is 37.3 Å². The summed E-state index contributed by atoms with van der Waals surface area (Å²) in [7, 11) is 2.25. The zero-order valence-electron chi connectivity index (χ0n) is 23.4. The van der Waals surface area contributed by atoms with Gasteiger partial charge < -0.3 is 29.3 Å². The number of likely N-dealkylation sites (tertiary alicyclic amines) is 1. The molecule has 6 rings (SSSR count). The van der Waals surface area contributed by atoms with Crippen molar-refractivity contribution in [2.45, 2.75) is 45.3 Å². The molecule has 0 aromatic heterocycles. The van der Waals surface area contributed by atoms with Crippen LogP contribution < -0.4 is 20.1 Å². The third-order valence-corrected chi connectivity index (χ3v) is 8.39. The van der Waals surface area contributed by atoms with Crippen molar-refractivity contribution in [3.63, 3.8) is 0 Å². The van der Waals surface area contributed by atoms with Crippen molar-refractivity contribution in [1.82, 2.24) is 0 Å². The summed E-state index contributed by atoms with van der Waals surface area (Å²) in [5.41, 5.74) is 4.70. The number of halogens is 1. The van der Waals surface area contributed by atoms with Crippen LogP contribution in [0.1, 0.15) is 46.8 Å². The lowest BCUT2D eigenvalue weighted by Crippen LogP contribution is -2.49. The second-order valence-corrected chi connectivity index (χ2v) is 11.7. The number of hydrogen-bond acceptors (Lipinski definition) is 5. The van der Waals surface area contributed by atoms with Crippen molar-refractivity contribution in [2.24, 2.45) is 5.92 Å². The van der Waals surface area contributed by atoms with Gasteiger partial charge in [0.2, 0.25) is 6.79 Å². The smallest absolute Gasteiger partial charge is 0.338 e. The number of ether oxygens (including phenoxy) is 3. The van der Waals surface area contributed by atoms with Gasteiger partial charge in [0, 0.05) is 23.7 Å². The van der Waals surface area contributed by atoms with Crippen LogP contribution in [-0.2, 0) is 24.1 Å². The van der Waals surface area contributed by atoms with Gasteiger partial charge in [0.1, 0.15) is 18.5 Å². The molecule has 1 fully saturated rings. The van der Waals surface area contributed by atoms with Gasteiger partial charge in [-0.05, 0) is 73.6 Å². The van der Waals surface area contributed by atoms with Crippen LogP contribution in [0.4, 0.5) is 20.6 Å². The minimum Gasteiger partial charge on any atom is -0.459 e. The Hall–Kier alpha value is -4.11. The molecule has 0 saturated carbocycles. The number of carbonyl (C=O) groups is 2. The molecular weight excluding hydrogens is 525 g/mol. The van der Waals surface area contributed by atoms with Crippen molar-refractivity contribution in [2.75, 3.05) is 37.6 Å². The van der Waals surface area contributed by atoms with E-state index < -0.39 is 6.03 Å². The molecule has 0 spiro atoms.